The molecule has 0 aliphatic carbocycles. The summed E-state index contributed by atoms with van der Waals surface area (Å²) >= 11 is 0. The third-order valence-corrected chi connectivity index (χ3v) is 5.89. The van der Waals surface area contributed by atoms with Crippen LogP contribution in [0.1, 0.15) is 94.5 Å². The van der Waals surface area contributed by atoms with E-state index in [2.05, 4.69) is 22.8 Å². The van der Waals surface area contributed by atoms with E-state index in [1.54, 1.807) is 42.5 Å². The number of hydrazone groups is 1. The number of nitrogens with one attached hydrogen (secondary N) is 2. The molecule has 0 saturated carbocycles. The fraction of sp³-hybridized carbons (Fsp3) is 0.484. The molecule has 2 aromatic carbocycles. The molecular weight excluding hydrogens is 510 g/mol. The van der Waals surface area contributed by atoms with Crippen LogP contribution in [-0.4, -0.2) is 43.8 Å². The van der Waals surface area contributed by atoms with Crippen molar-refractivity contribution >= 4 is 24.0 Å². The summed E-state index contributed by atoms with van der Waals surface area (Å²) < 4.78 is 16.7. The quantitative estimate of drug-likeness (QED) is 0.0747. The first-order valence-electron chi connectivity index (χ1n) is 14.3. The maximum absolute atomic E-state index is 12.6. The molecular formula is C31H43N3O6. The van der Waals surface area contributed by atoms with Crippen molar-refractivity contribution in [1.82, 2.24) is 10.7 Å². The molecule has 218 valence electrons. The van der Waals surface area contributed by atoms with Crippen molar-refractivity contribution < 1.29 is 28.6 Å². The maximum atomic E-state index is 12.6. The van der Waals surface area contributed by atoms with E-state index in [1.165, 1.54) is 31.9 Å². The van der Waals surface area contributed by atoms with Gasteiger partial charge in [0.2, 0.25) is 5.91 Å². The number of hydrogen-bond acceptors (Lipinski definition) is 7. The molecule has 0 fully saturated rings. The molecule has 2 aromatic rings. The van der Waals surface area contributed by atoms with Crippen LogP contribution in [0.3, 0.4) is 0 Å². The lowest BCUT2D eigenvalue weighted by Gasteiger charge is -2.12. The monoisotopic (exact) mass is 553 g/mol. The van der Waals surface area contributed by atoms with Gasteiger partial charge in [0.1, 0.15) is 5.75 Å². The number of rotatable bonds is 19. The Hall–Kier alpha value is -3.88. The molecule has 0 unspecified atom stereocenters. The van der Waals surface area contributed by atoms with Crippen molar-refractivity contribution in [3.8, 4) is 17.2 Å². The highest BCUT2D eigenvalue weighted by atomic mass is 16.6. The Morgan fingerprint density at radius 1 is 0.800 bits per heavy atom. The zero-order valence-corrected chi connectivity index (χ0v) is 24.0. The third-order valence-electron chi connectivity index (χ3n) is 5.89. The SMILES string of the molecule is CCCCCCCCCC(=O)NCC(=O)NN=Cc1ccc(OC(=O)c2ccc(OCCC)cc2)c(OCC)c1. The predicted octanol–water partition coefficient (Wildman–Crippen LogP) is 5.80. The lowest BCUT2D eigenvalue weighted by Crippen LogP contribution is -2.34. The van der Waals surface area contributed by atoms with Gasteiger partial charge in [0.05, 0.1) is 31.5 Å². The van der Waals surface area contributed by atoms with E-state index >= 15 is 0 Å². The van der Waals surface area contributed by atoms with Gasteiger partial charge < -0.3 is 19.5 Å². The molecule has 9 heteroatoms. The fourth-order valence-corrected chi connectivity index (χ4v) is 3.75. The average Bonchev–Trinajstić information content (AvgIpc) is 2.96. The van der Waals surface area contributed by atoms with Gasteiger partial charge in [-0.25, -0.2) is 10.2 Å². The van der Waals surface area contributed by atoms with E-state index in [0.29, 0.717) is 42.3 Å². The first-order valence-corrected chi connectivity index (χ1v) is 14.3. The van der Waals surface area contributed by atoms with E-state index in [0.717, 1.165) is 25.7 Å². The Kier molecular flexibility index (Phi) is 15.5. The van der Waals surface area contributed by atoms with Crippen LogP contribution < -0.4 is 25.0 Å². The molecule has 2 rings (SSSR count). The summed E-state index contributed by atoms with van der Waals surface area (Å²) in [5.41, 5.74) is 3.41. The minimum absolute atomic E-state index is 0.139. The van der Waals surface area contributed by atoms with Gasteiger partial charge in [0, 0.05) is 6.42 Å². The highest BCUT2D eigenvalue weighted by Gasteiger charge is 2.14. The van der Waals surface area contributed by atoms with Gasteiger partial charge in [0.25, 0.3) is 5.91 Å². The molecule has 0 aliphatic heterocycles. The van der Waals surface area contributed by atoms with Gasteiger partial charge in [0.15, 0.2) is 11.5 Å². The van der Waals surface area contributed by atoms with Crippen molar-refractivity contribution in [3.63, 3.8) is 0 Å². The highest BCUT2D eigenvalue weighted by molar-refractivity contribution is 5.92. The van der Waals surface area contributed by atoms with E-state index in [4.69, 9.17) is 14.2 Å². The van der Waals surface area contributed by atoms with Crippen molar-refractivity contribution in [2.24, 2.45) is 5.10 Å². The second kappa shape index (κ2) is 19.2. The van der Waals surface area contributed by atoms with Crippen LogP contribution in [0.5, 0.6) is 17.2 Å². The van der Waals surface area contributed by atoms with Gasteiger partial charge in [-0.05, 0) is 67.8 Å². The van der Waals surface area contributed by atoms with Crippen molar-refractivity contribution in [3.05, 3.63) is 53.6 Å². The number of esters is 1. The summed E-state index contributed by atoms with van der Waals surface area (Å²) in [6.07, 6.45) is 10.7. The van der Waals surface area contributed by atoms with Crippen LogP contribution in [0.25, 0.3) is 0 Å². The predicted molar refractivity (Wildman–Crippen MR) is 156 cm³/mol. The number of ether oxygens (including phenoxy) is 3. The average molecular weight is 554 g/mol. The number of hydrogen-bond donors (Lipinski definition) is 2. The summed E-state index contributed by atoms with van der Waals surface area (Å²) in [6, 6.07) is 11.7. The van der Waals surface area contributed by atoms with E-state index < -0.39 is 11.9 Å². The number of amides is 2. The van der Waals surface area contributed by atoms with Crippen LogP contribution in [0.4, 0.5) is 0 Å². The van der Waals surface area contributed by atoms with Gasteiger partial charge in [-0.15, -0.1) is 0 Å². The Morgan fingerprint density at radius 3 is 2.23 bits per heavy atom. The van der Waals surface area contributed by atoms with Crippen LogP contribution in [-0.2, 0) is 9.59 Å². The summed E-state index contributed by atoms with van der Waals surface area (Å²) in [4.78, 5) is 36.6. The van der Waals surface area contributed by atoms with Crippen molar-refractivity contribution in [1.29, 1.82) is 0 Å². The van der Waals surface area contributed by atoms with Crippen LogP contribution in [0.2, 0.25) is 0 Å². The van der Waals surface area contributed by atoms with Gasteiger partial charge >= 0.3 is 5.97 Å². The summed E-state index contributed by atoms with van der Waals surface area (Å²) in [5, 5.41) is 6.57. The van der Waals surface area contributed by atoms with Crippen molar-refractivity contribution in [2.45, 2.75) is 78.6 Å². The Labute approximate surface area is 237 Å². The van der Waals surface area contributed by atoms with Crippen LogP contribution in [0.15, 0.2) is 47.6 Å². The molecule has 2 N–H and O–H groups in total. The van der Waals surface area contributed by atoms with Gasteiger partial charge in [-0.1, -0.05) is 52.4 Å². The number of carbonyl (C=O) groups is 3. The largest absolute Gasteiger partial charge is 0.494 e. The molecule has 0 heterocycles. The number of nitrogens with zero attached hydrogens (tertiary/aromatic N) is 1. The summed E-state index contributed by atoms with van der Waals surface area (Å²) in [7, 11) is 0. The topological polar surface area (TPSA) is 115 Å². The van der Waals surface area contributed by atoms with Crippen LogP contribution >= 0.6 is 0 Å². The molecule has 0 aliphatic rings. The second-order valence-corrected chi connectivity index (χ2v) is 9.34. The maximum Gasteiger partial charge on any atom is 0.343 e. The molecule has 0 bridgehead atoms. The van der Waals surface area contributed by atoms with Crippen molar-refractivity contribution in [2.75, 3.05) is 19.8 Å². The molecule has 2 amide bonds. The first kappa shape index (κ1) is 32.3. The minimum atomic E-state index is -0.523. The van der Waals surface area contributed by atoms with E-state index in [-0.39, 0.29) is 18.2 Å². The second-order valence-electron chi connectivity index (χ2n) is 9.34. The standard InChI is InChI=1S/C31H43N3O6/c1-4-7-8-9-10-11-12-13-29(35)32-23-30(36)34-33-22-24-14-19-27(28(21-24)38-6-3)40-31(37)25-15-17-26(18-16-25)39-20-5-2/h14-19,21-22H,4-13,20,23H2,1-3H3,(H,32,35)(H,34,36). The van der Waals surface area contributed by atoms with Gasteiger partial charge in [-0.2, -0.15) is 5.10 Å². The van der Waals surface area contributed by atoms with E-state index in [1.807, 2.05) is 13.8 Å². The highest BCUT2D eigenvalue weighted by Crippen LogP contribution is 2.29. The third kappa shape index (κ3) is 12.8. The molecule has 0 atom stereocenters. The lowest BCUT2D eigenvalue weighted by atomic mass is 10.1. The lowest BCUT2D eigenvalue weighted by molar-refractivity contribution is -0.126. The zero-order valence-electron chi connectivity index (χ0n) is 24.0. The normalized spacial score (nSPS) is 10.8. The fourth-order valence-electron chi connectivity index (χ4n) is 3.75. The van der Waals surface area contributed by atoms with E-state index in [9.17, 15) is 14.4 Å². The number of unbranched alkanes of at least 4 members (excludes halogenated alkanes) is 6. The number of benzene rings is 2. The zero-order chi connectivity index (χ0) is 29.0. The van der Waals surface area contributed by atoms with Crippen LogP contribution in [0, 0.1) is 0 Å². The molecule has 0 aromatic heterocycles. The summed E-state index contributed by atoms with van der Waals surface area (Å²) in [5.74, 6) is 0.237. The van der Waals surface area contributed by atoms with Gasteiger partial charge in [-0.3, -0.25) is 9.59 Å². The Balaban J connectivity index is 1.80. The molecule has 0 saturated heterocycles. The first-order chi connectivity index (χ1) is 19.5. The molecule has 0 spiro atoms. The number of carbonyl (C=O) groups excluding carboxylic acids is 3. The minimum Gasteiger partial charge on any atom is -0.494 e. The smallest absolute Gasteiger partial charge is 0.343 e. The molecule has 40 heavy (non-hydrogen) atoms. The Bertz CT molecular complexity index is 1080. The molecule has 0 radical (unpaired) electrons. The Morgan fingerprint density at radius 2 is 1.52 bits per heavy atom. The summed E-state index contributed by atoms with van der Waals surface area (Å²) in [6.45, 7) is 6.87. The molecule has 9 nitrogen and oxygen atoms in total.